The molecule has 0 aliphatic carbocycles. The van der Waals surface area contributed by atoms with Crippen molar-refractivity contribution in [2.24, 2.45) is 0 Å². The highest BCUT2D eigenvalue weighted by molar-refractivity contribution is 7.09. The summed E-state index contributed by atoms with van der Waals surface area (Å²) in [7, 11) is 1.30. The molecular weight excluding hydrogens is 404 g/mol. The van der Waals surface area contributed by atoms with Gasteiger partial charge in [0.25, 0.3) is 5.91 Å². The molecule has 0 aliphatic heterocycles. The summed E-state index contributed by atoms with van der Waals surface area (Å²) < 4.78 is 15.6. The number of esters is 1. The molecule has 9 heteroatoms. The summed E-state index contributed by atoms with van der Waals surface area (Å²) in [6.07, 6.45) is 0.690. The number of thiazole rings is 1. The van der Waals surface area contributed by atoms with Crippen molar-refractivity contribution in [1.29, 1.82) is 0 Å². The van der Waals surface area contributed by atoms with E-state index in [2.05, 4.69) is 9.72 Å². The van der Waals surface area contributed by atoms with Crippen LogP contribution in [0.1, 0.15) is 28.8 Å². The SMILES string of the molecule is CCOCCCN(Cc1nc(C(=O)OC)cs1)C(=O)COc1ccc(Cl)cc1. The van der Waals surface area contributed by atoms with Crippen molar-refractivity contribution in [3.8, 4) is 5.75 Å². The van der Waals surface area contributed by atoms with Gasteiger partial charge in [0.15, 0.2) is 12.3 Å². The third-order valence-electron chi connectivity index (χ3n) is 3.72. The predicted octanol–water partition coefficient (Wildman–Crippen LogP) is 3.42. The zero-order valence-electron chi connectivity index (χ0n) is 15.9. The molecule has 1 aromatic heterocycles. The normalized spacial score (nSPS) is 10.5. The Bertz CT molecular complexity index is 766. The van der Waals surface area contributed by atoms with E-state index in [0.29, 0.717) is 42.0 Å². The second-order valence-corrected chi connectivity index (χ2v) is 7.11. The van der Waals surface area contributed by atoms with Crippen LogP contribution in [0.3, 0.4) is 0 Å². The van der Waals surface area contributed by atoms with Gasteiger partial charge in [-0.1, -0.05) is 11.6 Å². The summed E-state index contributed by atoms with van der Waals surface area (Å²) in [5.74, 6) is -0.113. The number of rotatable bonds is 11. The minimum atomic E-state index is -0.497. The van der Waals surface area contributed by atoms with Crippen LogP contribution in [0.25, 0.3) is 0 Å². The number of hydrogen-bond donors (Lipinski definition) is 0. The van der Waals surface area contributed by atoms with Gasteiger partial charge in [0.1, 0.15) is 10.8 Å². The van der Waals surface area contributed by atoms with Crippen molar-refractivity contribution in [1.82, 2.24) is 9.88 Å². The molecule has 1 heterocycles. The summed E-state index contributed by atoms with van der Waals surface area (Å²) in [6, 6.07) is 6.81. The first-order valence-electron chi connectivity index (χ1n) is 8.80. The van der Waals surface area contributed by atoms with Crippen molar-refractivity contribution in [3.05, 3.63) is 45.4 Å². The van der Waals surface area contributed by atoms with E-state index in [4.69, 9.17) is 21.1 Å². The van der Waals surface area contributed by atoms with E-state index in [1.165, 1.54) is 18.4 Å². The summed E-state index contributed by atoms with van der Waals surface area (Å²) in [4.78, 5) is 30.1. The van der Waals surface area contributed by atoms with Crippen LogP contribution >= 0.6 is 22.9 Å². The maximum absolute atomic E-state index is 12.7. The van der Waals surface area contributed by atoms with Crippen LogP contribution in [-0.2, 0) is 20.8 Å². The molecule has 1 amide bonds. The van der Waals surface area contributed by atoms with Crippen LogP contribution in [0.5, 0.6) is 5.75 Å². The molecule has 0 N–H and O–H groups in total. The number of nitrogens with zero attached hydrogens (tertiary/aromatic N) is 2. The number of benzene rings is 1. The van der Waals surface area contributed by atoms with E-state index in [-0.39, 0.29) is 24.8 Å². The molecule has 0 radical (unpaired) electrons. The van der Waals surface area contributed by atoms with Gasteiger partial charge >= 0.3 is 5.97 Å². The number of amides is 1. The van der Waals surface area contributed by atoms with Crippen molar-refractivity contribution in [2.45, 2.75) is 19.9 Å². The number of ether oxygens (including phenoxy) is 3. The molecule has 0 atom stereocenters. The Hall–Kier alpha value is -2.16. The van der Waals surface area contributed by atoms with Gasteiger partial charge in [0.2, 0.25) is 0 Å². The molecule has 0 unspecified atom stereocenters. The Morgan fingerprint density at radius 1 is 1.25 bits per heavy atom. The van der Waals surface area contributed by atoms with Gasteiger partial charge < -0.3 is 19.1 Å². The summed E-state index contributed by atoms with van der Waals surface area (Å²) in [5, 5.41) is 2.87. The fourth-order valence-corrected chi connectivity index (χ4v) is 3.21. The van der Waals surface area contributed by atoms with Crippen molar-refractivity contribution in [2.75, 3.05) is 33.5 Å². The van der Waals surface area contributed by atoms with Gasteiger partial charge in [-0.3, -0.25) is 4.79 Å². The first-order chi connectivity index (χ1) is 13.5. The first kappa shape index (κ1) is 22.1. The third kappa shape index (κ3) is 7.10. The molecule has 0 saturated heterocycles. The van der Waals surface area contributed by atoms with Crippen LogP contribution in [0, 0.1) is 0 Å². The predicted molar refractivity (Wildman–Crippen MR) is 107 cm³/mol. The lowest BCUT2D eigenvalue weighted by atomic mass is 10.3. The molecule has 0 spiro atoms. The van der Waals surface area contributed by atoms with E-state index in [9.17, 15) is 9.59 Å². The standard InChI is InChI=1S/C19H23ClN2O5S/c1-3-26-10-4-9-22(11-17-21-16(13-28-17)19(24)25-2)18(23)12-27-15-7-5-14(20)6-8-15/h5-8,13H,3-4,9-12H2,1-2H3. The Balaban J connectivity index is 1.98. The number of methoxy groups -OCH3 is 1. The van der Waals surface area contributed by atoms with E-state index in [1.54, 1.807) is 34.5 Å². The number of carbonyl (C=O) groups is 2. The molecule has 0 bridgehead atoms. The maximum Gasteiger partial charge on any atom is 0.357 e. The number of aromatic nitrogens is 1. The quantitative estimate of drug-likeness (QED) is 0.404. The highest BCUT2D eigenvalue weighted by Gasteiger charge is 2.18. The lowest BCUT2D eigenvalue weighted by molar-refractivity contribution is -0.134. The fraction of sp³-hybridized carbons (Fsp3) is 0.421. The van der Waals surface area contributed by atoms with Crippen LogP contribution in [0.2, 0.25) is 5.02 Å². The average Bonchev–Trinajstić information content (AvgIpc) is 3.17. The molecule has 28 heavy (non-hydrogen) atoms. The third-order valence-corrected chi connectivity index (χ3v) is 4.81. The number of hydrogen-bond acceptors (Lipinski definition) is 7. The van der Waals surface area contributed by atoms with E-state index in [1.807, 2.05) is 6.92 Å². The Morgan fingerprint density at radius 3 is 2.68 bits per heavy atom. The Kier molecular flexibility index (Phi) is 9.19. The molecule has 0 fully saturated rings. The van der Waals surface area contributed by atoms with E-state index in [0.717, 1.165) is 0 Å². The number of carbonyl (C=O) groups excluding carboxylic acids is 2. The van der Waals surface area contributed by atoms with E-state index < -0.39 is 5.97 Å². The second kappa shape index (κ2) is 11.6. The topological polar surface area (TPSA) is 78.0 Å². The molecule has 1 aromatic carbocycles. The summed E-state index contributed by atoms with van der Waals surface area (Å²) in [6.45, 7) is 3.79. The van der Waals surface area contributed by atoms with Crippen LogP contribution < -0.4 is 4.74 Å². The van der Waals surface area contributed by atoms with Gasteiger partial charge in [0, 0.05) is 30.2 Å². The highest BCUT2D eigenvalue weighted by Crippen LogP contribution is 2.17. The smallest absolute Gasteiger partial charge is 0.357 e. The molecule has 2 rings (SSSR count). The molecule has 152 valence electrons. The van der Waals surface area contributed by atoms with E-state index >= 15 is 0 Å². The maximum atomic E-state index is 12.7. The van der Waals surface area contributed by atoms with Crippen LogP contribution in [-0.4, -0.2) is 55.2 Å². The van der Waals surface area contributed by atoms with Gasteiger partial charge in [0.05, 0.1) is 13.7 Å². The molecule has 0 aliphatic rings. The largest absolute Gasteiger partial charge is 0.484 e. The fourth-order valence-electron chi connectivity index (χ4n) is 2.31. The van der Waals surface area contributed by atoms with Gasteiger partial charge in [-0.15, -0.1) is 11.3 Å². The zero-order valence-corrected chi connectivity index (χ0v) is 17.4. The van der Waals surface area contributed by atoms with Crippen molar-refractivity contribution < 1.29 is 23.8 Å². The second-order valence-electron chi connectivity index (χ2n) is 5.73. The minimum absolute atomic E-state index is 0.106. The van der Waals surface area contributed by atoms with Gasteiger partial charge in [-0.25, -0.2) is 9.78 Å². The molecular formula is C19H23ClN2O5S. The van der Waals surface area contributed by atoms with Crippen LogP contribution in [0.4, 0.5) is 0 Å². The monoisotopic (exact) mass is 426 g/mol. The molecule has 2 aromatic rings. The Labute approximate surface area is 173 Å². The highest BCUT2D eigenvalue weighted by atomic mass is 35.5. The van der Waals surface area contributed by atoms with Gasteiger partial charge in [-0.2, -0.15) is 0 Å². The number of halogens is 1. The average molecular weight is 427 g/mol. The van der Waals surface area contributed by atoms with Crippen molar-refractivity contribution in [3.63, 3.8) is 0 Å². The minimum Gasteiger partial charge on any atom is -0.484 e. The summed E-state index contributed by atoms with van der Waals surface area (Å²) >= 11 is 7.16. The first-order valence-corrected chi connectivity index (χ1v) is 10.1. The zero-order chi connectivity index (χ0) is 20.4. The molecule has 0 saturated carbocycles. The lowest BCUT2D eigenvalue weighted by Crippen LogP contribution is -2.35. The molecule has 7 nitrogen and oxygen atoms in total. The summed E-state index contributed by atoms with van der Waals surface area (Å²) in [5.41, 5.74) is 0.238. The van der Waals surface area contributed by atoms with Crippen LogP contribution in [0.15, 0.2) is 29.6 Å². The lowest BCUT2D eigenvalue weighted by Gasteiger charge is -2.22. The Morgan fingerprint density at radius 2 is 2.00 bits per heavy atom. The van der Waals surface area contributed by atoms with Gasteiger partial charge in [-0.05, 0) is 37.6 Å². The van der Waals surface area contributed by atoms with Crippen molar-refractivity contribution >= 4 is 34.8 Å².